The Hall–Kier alpha value is -0.0800. The fourth-order valence-corrected chi connectivity index (χ4v) is 2.52. The maximum absolute atomic E-state index is 5.26. The van der Waals surface area contributed by atoms with Crippen LogP contribution < -0.4 is 0 Å². The molecule has 0 aromatic heterocycles. The van der Waals surface area contributed by atoms with Crippen LogP contribution in [0.2, 0.25) is 0 Å². The van der Waals surface area contributed by atoms with Crippen LogP contribution in [0.25, 0.3) is 0 Å². The van der Waals surface area contributed by atoms with Crippen molar-refractivity contribution in [1.82, 2.24) is 4.90 Å². The van der Waals surface area contributed by atoms with Gasteiger partial charge < -0.3 is 9.64 Å². The Morgan fingerprint density at radius 2 is 1.85 bits per heavy atom. The van der Waals surface area contributed by atoms with E-state index in [1.165, 1.54) is 32.5 Å². The van der Waals surface area contributed by atoms with Gasteiger partial charge in [0.15, 0.2) is 0 Å². The van der Waals surface area contributed by atoms with Gasteiger partial charge >= 0.3 is 0 Å². The first-order valence-corrected chi connectivity index (χ1v) is 5.58. The van der Waals surface area contributed by atoms with Gasteiger partial charge in [-0.25, -0.2) is 0 Å². The average molecular weight is 183 g/mol. The molecular formula is C11H21NO. The molecule has 2 heterocycles. The van der Waals surface area contributed by atoms with E-state index in [9.17, 15) is 0 Å². The molecule has 13 heavy (non-hydrogen) atoms. The van der Waals surface area contributed by atoms with Gasteiger partial charge in [0.2, 0.25) is 0 Å². The fourth-order valence-electron chi connectivity index (χ4n) is 2.52. The molecule has 0 unspecified atom stereocenters. The Kier molecular flexibility index (Phi) is 2.61. The van der Waals surface area contributed by atoms with Crippen LogP contribution in [0.1, 0.15) is 26.7 Å². The van der Waals surface area contributed by atoms with Crippen molar-refractivity contribution in [2.75, 3.05) is 32.8 Å². The summed E-state index contributed by atoms with van der Waals surface area (Å²) in [5.41, 5.74) is 0.603. The summed E-state index contributed by atoms with van der Waals surface area (Å²) in [5.74, 6) is 0.915. The van der Waals surface area contributed by atoms with E-state index in [1.54, 1.807) is 0 Å². The average Bonchev–Trinajstić information content (AvgIpc) is 2.00. The smallest absolute Gasteiger partial charge is 0.0569 e. The SMILES string of the molecule is CCC(CC)CN1CC2(COC2)C1. The summed E-state index contributed by atoms with van der Waals surface area (Å²) >= 11 is 0. The lowest BCUT2D eigenvalue weighted by Crippen LogP contribution is -2.66. The molecule has 0 aromatic rings. The predicted octanol–water partition coefficient (Wildman–Crippen LogP) is 1.75. The molecule has 0 bridgehead atoms. The van der Waals surface area contributed by atoms with Crippen LogP contribution in [-0.4, -0.2) is 37.7 Å². The Bertz CT molecular complexity index is 165. The van der Waals surface area contributed by atoms with E-state index in [-0.39, 0.29) is 0 Å². The monoisotopic (exact) mass is 183 g/mol. The molecule has 0 aromatic carbocycles. The maximum atomic E-state index is 5.26. The van der Waals surface area contributed by atoms with E-state index in [1.807, 2.05) is 0 Å². The van der Waals surface area contributed by atoms with Gasteiger partial charge in [-0.3, -0.25) is 0 Å². The van der Waals surface area contributed by atoms with E-state index >= 15 is 0 Å². The lowest BCUT2D eigenvalue weighted by Gasteiger charge is -2.55. The van der Waals surface area contributed by atoms with Crippen molar-refractivity contribution in [3.63, 3.8) is 0 Å². The largest absolute Gasteiger partial charge is 0.380 e. The number of hydrogen-bond acceptors (Lipinski definition) is 2. The number of nitrogens with zero attached hydrogens (tertiary/aromatic N) is 1. The minimum absolute atomic E-state index is 0.603. The van der Waals surface area contributed by atoms with Gasteiger partial charge in [0.05, 0.1) is 13.2 Å². The van der Waals surface area contributed by atoms with Gasteiger partial charge in [-0.1, -0.05) is 26.7 Å². The Labute approximate surface area is 81.3 Å². The minimum Gasteiger partial charge on any atom is -0.380 e. The normalized spacial score (nSPS) is 26.1. The number of likely N-dealkylation sites (tertiary alicyclic amines) is 1. The van der Waals surface area contributed by atoms with Crippen molar-refractivity contribution in [3.05, 3.63) is 0 Å². The lowest BCUT2D eigenvalue weighted by atomic mass is 9.77. The molecule has 2 heteroatoms. The van der Waals surface area contributed by atoms with Crippen molar-refractivity contribution < 1.29 is 4.74 Å². The van der Waals surface area contributed by atoms with Crippen LogP contribution >= 0.6 is 0 Å². The van der Waals surface area contributed by atoms with E-state index in [0.29, 0.717) is 5.41 Å². The molecule has 0 atom stereocenters. The second-order valence-electron chi connectivity index (χ2n) is 4.84. The zero-order valence-corrected chi connectivity index (χ0v) is 8.88. The number of rotatable bonds is 4. The molecule has 2 aliphatic rings. The Morgan fingerprint density at radius 1 is 1.23 bits per heavy atom. The summed E-state index contributed by atoms with van der Waals surface area (Å²) in [4.78, 5) is 2.60. The second kappa shape index (κ2) is 3.58. The highest BCUT2D eigenvalue weighted by atomic mass is 16.5. The third-order valence-electron chi connectivity index (χ3n) is 3.61. The van der Waals surface area contributed by atoms with Crippen LogP contribution in [0, 0.1) is 11.3 Å². The molecule has 2 saturated heterocycles. The van der Waals surface area contributed by atoms with Crippen molar-refractivity contribution in [2.24, 2.45) is 11.3 Å². The standard InChI is InChI=1S/C11H21NO/c1-3-10(4-2)5-12-6-11(7-12)8-13-9-11/h10H,3-9H2,1-2H3. The van der Waals surface area contributed by atoms with Gasteiger partial charge in [-0.15, -0.1) is 0 Å². The zero-order chi connectivity index (χ0) is 9.31. The van der Waals surface area contributed by atoms with Crippen LogP contribution in [-0.2, 0) is 4.74 Å². The summed E-state index contributed by atoms with van der Waals surface area (Å²) in [6, 6.07) is 0. The van der Waals surface area contributed by atoms with Gasteiger partial charge in [-0.2, -0.15) is 0 Å². The highest BCUT2D eigenvalue weighted by molar-refractivity contribution is 4.99. The van der Waals surface area contributed by atoms with Crippen LogP contribution in [0.4, 0.5) is 0 Å². The quantitative estimate of drug-likeness (QED) is 0.658. The van der Waals surface area contributed by atoms with Crippen molar-refractivity contribution in [3.8, 4) is 0 Å². The molecule has 0 radical (unpaired) electrons. The summed E-state index contributed by atoms with van der Waals surface area (Å²) in [6.45, 7) is 10.5. The van der Waals surface area contributed by atoms with Crippen LogP contribution in [0.15, 0.2) is 0 Å². The second-order valence-corrected chi connectivity index (χ2v) is 4.84. The van der Waals surface area contributed by atoms with E-state index in [0.717, 1.165) is 19.1 Å². The van der Waals surface area contributed by atoms with E-state index in [4.69, 9.17) is 4.74 Å². The number of hydrogen-bond donors (Lipinski definition) is 0. The molecule has 0 aliphatic carbocycles. The first-order chi connectivity index (χ1) is 6.28. The molecule has 0 amide bonds. The molecule has 2 rings (SSSR count). The summed E-state index contributed by atoms with van der Waals surface area (Å²) in [5, 5.41) is 0. The van der Waals surface area contributed by atoms with E-state index < -0.39 is 0 Å². The van der Waals surface area contributed by atoms with Gasteiger partial charge in [0.1, 0.15) is 0 Å². The molecule has 2 nitrogen and oxygen atoms in total. The predicted molar refractivity (Wildman–Crippen MR) is 53.8 cm³/mol. The third-order valence-corrected chi connectivity index (χ3v) is 3.61. The van der Waals surface area contributed by atoms with Gasteiger partial charge in [-0.05, 0) is 5.92 Å². The first-order valence-electron chi connectivity index (χ1n) is 5.58. The molecule has 2 aliphatic heterocycles. The molecule has 0 N–H and O–H groups in total. The third kappa shape index (κ3) is 1.75. The highest BCUT2D eigenvalue weighted by Crippen LogP contribution is 2.37. The van der Waals surface area contributed by atoms with Gasteiger partial charge in [0, 0.05) is 25.0 Å². The van der Waals surface area contributed by atoms with Crippen LogP contribution in [0.3, 0.4) is 0 Å². The number of ether oxygens (including phenoxy) is 1. The lowest BCUT2D eigenvalue weighted by molar-refractivity contribution is -0.191. The Balaban J connectivity index is 1.68. The summed E-state index contributed by atoms with van der Waals surface area (Å²) in [6.07, 6.45) is 2.66. The molecule has 2 fully saturated rings. The Morgan fingerprint density at radius 3 is 2.23 bits per heavy atom. The van der Waals surface area contributed by atoms with Crippen LogP contribution in [0.5, 0.6) is 0 Å². The van der Waals surface area contributed by atoms with Crippen molar-refractivity contribution in [2.45, 2.75) is 26.7 Å². The summed E-state index contributed by atoms with van der Waals surface area (Å²) in [7, 11) is 0. The molecule has 0 saturated carbocycles. The first kappa shape index (κ1) is 9.47. The van der Waals surface area contributed by atoms with Gasteiger partial charge in [0.25, 0.3) is 0 Å². The molecule has 76 valence electrons. The minimum atomic E-state index is 0.603. The maximum Gasteiger partial charge on any atom is 0.0569 e. The van der Waals surface area contributed by atoms with E-state index in [2.05, 4.69) is 18.7 Å². The van der Waals surface area contributed by atoms with Crippen molar-refractivity contribution >= 4 is 0 Å². The fraction of sp³-hybridized carbons (Fsp3) is 1.00. The zero-order valence-electron chi connectivity index (χ0n) is 8.88. The molecule has 1 spiro atoms. The topological polar surface area (TPSA) is 12.5 Å². The highest BCUT2D eigenvalue weighted by Gasteiger charge is 2.48. The summed E-state index contributed by atoms with van der Waals surface area (Å²) < 4.78 is 5.26. The van der Waals surface area contributed by atoms with Crippen molar-refractivity contribution in [1.29, 1.82) is 0 Å². The molecular weight excluding hydrogens is 162 g/mol.